The molecule has 3 aromatic rings. The van der Waals surface area contributed by atoms with Crippen LogP contribution in [-0.2, 0) is 18.4 Å². The van der Waals surface area contributed by atoms with Gasteiger partial charge in [-0.2, -0.15) is 0 Å². The third kappa shape index (κ3) is 4.05. The van der Waals surface area contributed by atoms with Crippen LogP contribution in [0.4, 0.5) is 11.4 Å². The van der Waals surface area contributed by atoms with Crippen molar-refractivity contribution in [3.05, 3.63) is 59.0 Å². The smallest absolute Gasteiger partial charge is 0.329 e. The van der Waals surface area contributed by atoms with Gasteiger partial charge in [-0.15, -0.1) is 0 Å². The Hall–Kier alpha value is -3.06. The predicted molar refractivity (Wildman–Crippen MR) is 116 cm³/mol. The molecule has 2 heterocycles. The molecule has 2 aromatic carbocycles. The number of amides is 1. The van der Waals surface area contributed by atoms with E-state index in [9.17, 15) is 9.59 Å². The lowest BCUT2D eigenvalue weighted by Gasteiger charge is -2.30. The van der Waals surface area contributed by atoms with E-state index in [1.165, 1.54) is 4.57 Å². The molecule has 1 aromatic heterocycles. The van der Waals surface area contributed by atoms with Crippen molar-refractivity contribution in [3.63, 3.8) is 0 Å². The first-order valence-electron chi connectivity index (χ1n) is 10.0. The maximum Gasteiger partial charge on any atom is 0.329 e. The third-order valence-corrected chi connectivity index (χ3v) is 5.63. The average molecular weight is 393 g/mol. The molecule has 0 unspecified atom stereocenters. The van der Waals surface area contributed by atoms with Crippen molar-refractivity contribution in [3.8, 4) is 0 Å². The SMILES string of the molecule is CN1CCC(Nc2ccccc2NC(=O)Cn2c(=O)n(C)c3ccccc32)CC1. The van der Waals surface area contributed by atoms with Crippen LogP contribution in [0.25, 0.3) is 11.0 Å². The number of anilines is 2. The van der Waals surface area contributed by atoms with Gasteiger partial charge in [-0.1, -0.05) is 24.3 Å². The maximum atomic E-state index is 12.8. The number of rotatable bonds is 5. The van der Waals surface area contributed by atoms with E-state index in [4.69, 9.17) is 0 Å². The number of para-hydroxylation sites is 4. The van der Waals surface area contributed by atoms with Crippen molar-refractivity contribution < 1.29 is 4.79 Å². The van der Waals surface area contributed by atoms with Crippen molar-refractivity contribution in [2.24, 2.45) is 7.05 Å². The van der Waals surface area contributed by atoms with Crippen molar-refractivity contribution in [1.82, 2.24) is 14.0 Å². The van der Waals surface area contributed by atoms with E-state index in [2.05, 4.69) is 22.6 Å². The number of aryl methyl sites for hydroxylation is 1. The molecule has 0 saturated carbocycles. The monoisotopic (exact) mass is 393 g/mol. The lowest BCUT2D eigenvalue weighted by molar-refractivity contribution is -0.116. The third-order valence-electron chi connectivity index (χ3n) is 5.63. The van der Waals surface area contributed by atoms with E-state index in [1.807, 2.05) is 48.5 Å². The second-order valence-electron chi connectivity index (χ2n) is 7.73. The molecule has 1 aliphatic rings. The van der Waals surface area contributed by atoms with Gasteiger partial charge in [0.2, 0.25) is 5.91 Å². The van der Waals surface area contributed by atoms with Gasteiger partial charge in [0.1, 0.15) is 6.54 Å². The van der Waals surface area contributed by atoms with Crippen molar-refractivity contribution in [2.45, 2.75) is 25.4 Å². The van der Waals surface area contributed by atoms with Crippen molar-refractivity contribution >= 4 is 28.3 Å². The lowest BCUT2D eigenvalue weighted by Crippen LogP contribution is -2.37. The number of piperidine rings is 1. The zero-order chi connectivity index (χ0) is 20.4. The number of benzene rings is 2. The van der Waals surface area contributed by atoms with Crippen LogP contribution in [0.5, 0.6) is 0 Å². The summed E-state index contributed by atoms with van der Waals surface area (Å²) in [5.41, 5.74) is 3.03. The average Bonchev–Trinajstić information content (AvgIpc) is 2.96. The summed E-state index contributed by atoms with van der Waals surface area (Å²) in [5.74, 6) is -0.221. The van der Waals surface area contributed by atoms with E-state index < -0.39 is 0 Å². The van der Waals surface area contributed by atoms with Crippen molar-refractivity contribution in [1.29, 1.82) is 0 Å². The first-order chi connectivity index (χ1) is 14.0. The fourth-order valence-electron chi connectivity index (χ4n) is 3.94. The molecule has 1 aliphatic heterocycles. The molecule has 0 aliphatic carbocycles. The standard InChI is InChI=1S/C22H27N5O2/c1-25-13-11-16(12-14-25)23-17-7-3-4-8-18(17)24-21(28)15-27-20-10-6-5-9-19(20)26(2)22(27)29/h3-10,16,23H,11-15H2,1-2H3,(H,24,28). The summed E-state index contributed by atoms with van der Waals surface area (Å²) in [6.07, 6.45) is 2.15. The molecule has 4 rings (SSSR count). The lowest BCUT2D eigenvalue weighted by atomic mass is 10.0. The minimum absolute atomic E-state index is 0.0251. The molecule has 1 fully saturated rings. The van der Waals surface area contributed by atoms with E-state index >= 15 is 0 Å². The molecule has 0 bridgehead atoms. The number of carbonyl (C=O) groups excluding carboxylic acids is 1. The van der Waals surface area contributed by atoms with E-state index in [-0.39, 0.29) is 18.1 Å². The topological polar surface area (TPSA) is 71.3 Å². The van der Waals surface area contributed by atoms with Crippen LogP contribution in [0, 0.1) is 0 Å². The number of imidazole rings is 1. The number of likely N-dealkylation sites (tertiary alicyclic amines) is 1. The highest BCUT2D eigenvalue weighted by atomic mass is 16.2. The molecular weight excluding hydrogens is 366 g/mol. The minimum atomic E-state index is -0.221. The van der Waals surface area contributed by atoms with E-state index in [0.717, 1.165) is 48.3 Å². The summed E-state index contributed by atoms with van der Waals surface area (Å²) in [6.45, 7) is 2.11. The molecule has 1 saturated heterocycles. The Bertz CT molecular complexity index is 1080. The maximum absolute atomic E-state index is 12.8. The molecule has 152 valence electrons. The van der Waals surface area contributed by atoms with Gasteiger partial charge in [0.25, 0.3) is 0 Å². The molecule has 0 radical (unpaired) electrons. The normalized spacial score (nSPS) is 15.5. The predicted octanol–water partition coefficient (Wildman–Crippen LogP) is 2.48. The van der Waals surface area contributed by atoms with Gasteiger partial charge in [-0.25, -0.2) is 4.79 Å². The van der Waals surface area contributed by atoms with Gasteiger partial charge in [-0.3, -0.25) is 13.9 Å². The largest absolute Gasteiger partial charge is 0.381 e. The molecule has 0 atom stereocenters. The molecule has 7 heteroatoms. The molecule has 2 N–H and O–H groups in total. The summed E-state index contributed by atoms with van der Waals surface area (Å²) in [5, 5.41) is 6.55. The zero-order valence-corrected chi connectivity index (χ0v) is 16.9. The van der Waals surface area contributed by atoms with Gasteiger partial charge in [0.15, 0.2) is 0 Å². The van der Waals surface area contributed by atoms with Crippen molar-refractivity contribution in [2.75, 3.05) is 30.8 Å². The highest BCUT2D eigenvalue weighted by Crippen LogP contribution is 2.24. The number of aromatic nitrogens is 2. The summed E-state index contributed by atoms with van der Waals surface area (Å²) in [7, 11) is 3.86. The van der Waals surface area contributed by atoms with Crippen LogP contribution in [0.15, 0.2) is 53.3 Å². The Labute approximate surface area is 169 Å². The summed E-state index contributed by atoms with van der Waals surface area (Å²) >= 11 is 0. The van der Waals surface area contributed by atoms with E-state index in [1.54, 1.807) is 11.6 Å². The van der Waals surface area contributed by atoms with Gasteiger partial charge in [-0.05, 0) is 57.2 Å². The molecule has 29 heavy (non-hydrogen) atoms. The Morgan fingerprint density at radius 3 is 2.31 bits per heavy atom. The first-order valence-corrected chi connectivity index (χ1v) is 10.0. The Kier molecular flexibility index (Phi) is 5.40. The zero-order valence-electron chi connectivity index (χ0n) is 16.9. The summed E-state index contributed by atoms with van der Waals surface area (Å²) in [6, 6.07) is 15.6. The molecular formula is C22H27N5O2. The Morgan fingerprint density at radius 1 is 0.966 bits per heavy atom. The number of fused-ring (bicyclic) bond motifs is 1. The van der Waals surface area contributed by atoms with Crippen LogP contribution in [0.3, 0.4) is 0 Å². The van der Waals surface area contributed by atoms with Gasteiger partial charge in [0, 0.05) is 13.1 Å². The Balaban J connectivity index is 1.50. The Morgan fingerprint density at radius 2 is 1.59 bits per heavy atom. The van der Waals surface area contributed by atoms with E-state index in [0.29, 0.717) is 6.04 Å². The van der Waals surface area contributed by atoms with Gasteiger partial charge < -0.3 is 15.5 Å². The summed E-state index contributed by atoms with van der Waals surface area (Å²) < 4.78 is 3.08. The van der Waals surface area contributed by atoms with Gasteiger partial charge >= 0.3 is 5.69 Å². The number of hydrogen-bond donors (Lipinski definition) is 2. The summed E-state index contributed by atoms with van der Waals surface area (Å²) in [4.78, 5) is 27.6. The number of nitrogens with one attached hydrogen (secondary N) is 2. The molecule has 7 nitrogen and oxygen atoms in total. The van der Waals surface area contributed by atoms with Crippen LogP contribution in [0.2, 0.25) is 0 Å². The second-order valence-corrected chi connectivity index (χ2v) is 7.73. The quantitative estimate of drug-likeness (QED) is 0.699. The van der Waals surface area contributed by atoms with Crippen LogP contribution in [-0.4, -0.2) is 46.1 Å². The number of nitrogens with zero attached hydrogens (tertiary/aromatic N) is 3. The minimum Gasteiger partial charge on any atom is -0.381 e. The highest BCUT2D eigenvalue weighted by Gasteiger charge is 2.18. The number of carbonyl (C=O) groups is 1. The first kappa shape index (κ1) is 19.3. The fraction of sp³-hybridized carbons (Fsp3) is 0.364. The van der Waals surface area contributed by atoms with Crippen LogP contribution >= 0.6 is 0 Å². The van der Waals surface area contributed by atoms with Crippen LogP contribution in [0.1, 0.15) is 12.8 Å². The number of hydrogen-bond acceptors (Lipinski definition) is 4. The van der Waals surface area contributed by atoms with Crippen LogP contribution < -0.4 is 16.3 Å². The van der Waals surface area contributed by atoms with Gasteiger partial charge in [0.05, 0.1) is 22.4 Å². The molecule has 0 spiro atoms. The second kappa shape index (κ2) is 8.13. The molecule has 1 amide bonds. The highest BCUT2D eigenvalue weighted by molar-refractivity contribution is 5.94. The fourth-order valence-corrected chi connectivity index (χ4v) is 3.94.